The number of carbonyl (C=O) groups is 1. The molecular formula is C15H17FN2O3S2. The fraction of sp³-hybridized carbons (Fsp3) is 0.267. The normalized spacial score (nSPS) is 11.6. The molecule has 0 saturated carbocycles. The van der Waals surface area contributed by atoms with Crippen molar-refractivity contribution in [2.75, 3.05) is 18.9 Å². The molecular weight excluding hydrogens is 339 g/mol. The lowest BCUT2D eigenvalue weighted by atomic mass is 10.2. The van der Waals surface area contributed by atoms with Gasteiger partial charge in [0.25, 0.3) is 10.0 Å². The smallest absolute Gasteiger partial charge is 0.252 e. The van der Waals surface area contributed by atoms with Crippen LogP contribution in [0, 0.1) is 5.82 Å². The Labute approximate surface area is 138 Å². The Kier molecular flexibility index (Phi) is 5.86. The van der Waals surface area contributed by atoms with E-state index >= 15 is 0 Å². The number of benzene rings is 1. The summed E-state index contributed by atoms with van der Waals surface area (Å²) < 4.78 is 38.7. The molecule has 0 fully saturated rings. The first kappa shape index (κ1) is 17.6. The van der Waals surface area contributed by atoms with E-state index in [-0.39, 0.29) is 28.9 Å². The second-order valence-corrected chi connectivity index (χ2v) is 8.14. The van der Waals surface area contributed by atoms with Crippen LogP contribution in [0.2, 0.25) is 0 Å². The largest absolute Gasteiger partial charge is 0.326 e. The molecule has 0 atom stereocenters. The molecule has 5 nitrogen and oxygen atoms in total. The maximum atomic E-state index is 12.8. The van der Waals surface area contributed by atoms with Crippen molar-refractivity contribution < 1.29 is 17.6 Å². The third-order valence-electron chi connectivity index (χ3n) is 3.16. The number of hydrogen-bond donors (Lipinski definition) is 1. The minimum Gasteiger partial charge on any atom is -0.326 e. The lowest BCUT2D eigenvalue weighted by Crippen LogP contribution is -2.28. The van der Waals surface area contributed by atoms with Gasteiger partial charge in [-0.05, 0) is 42.1 Å². The summed E-state index contributed by atoms with van der Waals surface area (Å²) in [7, 11) is -1.99. The molecule has 0 saturated heterocycles. The van der Waals surface area contributed by atoms with Crippen LogP contribution in [0.25, 0.3) is 0 Å². The van der Waals surface area contributed by atoms with Gasteiger partial charge in [0.05, 0.1) is 0 Å². The van der Waals surface area contributed by atoms with Gasteiger partial charge in [0.1, 0.15) is 10.0 Å². The van der Waals surface area contributed by atoms with Crippen molar-refractivity contribution in [2.45, 2.75) is 17.1 Å². The van der Waals surface area contributed by atoms with E-state index in [0.717, 1.165) is 11.3 Å². The number of nitrogens with one attached hydrogen (secondary N) is 1. The van der Waals surface area contributed by atoms with Crippen LogP contribution in [0.3, 0.4) is 0 Å². The number of halogens is 1. The molecule has 0 bridgehead atoms. The van der Waals surface area contributed by atoms with E-state index in [1.807, 2.05) is 0 Å². The van der Waals surface area contributed by atoms with Crippen molar-refractivity contribution in [1.29, 1.82) is 0 Å². The van der Waals surface area contributed by atoms with Gasteiger partial charge in [-0.15, -0.1) is 11.3 Å². The maximum absolute atomic E-state index is 12.8. The molecule has 0 aliphatic rings. The lowest BCUT2D eigenvalue weighted by molar-refractivity contribution is -0.116. The van der Waals surface area contributed by atoms with E-state index in [2.05, 4.69) is 5.32 Å². The van der Waals surface area contributed by atoms with E-state index in [9.17, 15) is 17.6 Å². The van der Waals surface area contributed by atoms with E-state index in [4.69, 9.17) is 0 Å². The van der Waals surface area contributed by atoms with E-state index in [1.54, 1.807) is 17.5 Å². The van der Waals surface area contributed by atoms with Crippen molar-refractivity contribution in [3.63, 3.8) is 0 Å². The predicted molar refractivity (Wildman–Crippen MR) is 88.4 cm³/mol. The van der Waals surface area contributed by atoms with Gasteiger partial charge in [-0.3, -0.25) is 4.79 Å². The molecule has 1 N–H and O–H groups in total. The number of nitrogens with zero attached hydrogens (tertiary/aromatic N) is 1. The zero-order valence-corrected chi connectivity index (χ0v) is 14.2. The topological polar surface area (TPSA) is 66.5 Å². The summed E-state index contributed by atoms with van der Waals surface area (Å²) >= 11 is 1.16. The number of anilines is 1. The first-order valence-corrected chi connectivity index (χ1v) is 9.27. The fourth-order valence-corrected chi connectivity index (χ4v) is 4.31. The summed E-state index contributed by atoms with van der Waals surface area (Å²) in [6.45, 7) is 0.247. The molecule has 1 aromatic heterocycles. The van der Waals surface area contributed by atoms with Crippen LogP contribution in [-0.4, -0.2) is 32.2 Å². The molecule has 1 aromatic carbocycles. The Morgan fingerprint density at radius 1 is 1.26 bits per heavy atom. The molecule has 0 spiro atoms. The van der Waals surface area contributed by atoms with Gasteiger partial charge in [-0.25, -0.2) is 17.1 Å². The van der Waals surface area contributed by atoms with Gasteiger partial charge in [0.2, 0.25) is 5.91 Å². The van der Waals surface area contributed by atoms with Crippen LogP contribution in [0.4, 0.5) is 10.1 Å². The van der Waals surface area contributed by atoms with Crippen LogP contribution in [0.15, 0.2) is 46.0 Å². The summed E-state index contributed by atoms with van der Waals surface area (Å²) in [5.74, 6) is -0.609. The number of carbonyl (C=O) groups excluding carboxylic acids is 1. The minimum absolute atomic E-state index is 0.182. The third-order valence-corrected chi connectivity index (χ3v) is 6.39. The molecule has 124 valence electrons. The summed E-state index contributed by atoms with van der Waals surface area (Å²) in [6.07, 6.45) is 0.579. The predicted octanol–water partition coefficient (Wildman–Crippen LogP) is 2.93. The summed E-state index contributed by atoms with van der Waals surface area (Å²) in [5.41, 5.74) is 0.510. The third kappa shape index (κ3) is 4.85. The van der Waals surface area contributed by atoms with Crippen molar-refractivity contribution in [3.05, 3.63) is 47.6 Å². The molecule has 0 aliphatic heterocycles. The Hall–Kier alpha value is -1.77. The van der Waals surface area contributed by atoms with Gasteiger partial charge in [0.15, 0.2) is 0 Å². The number of amides is 1. The average Bonchev–Trinajstić information content (AvgIpc) is 3.04. The van der Waals surface area contributed by atoms with Gasteiger partial charge in [-0.1, -0.05) is 6.07 Å². The maximum Gasteiger partial charge on any atom is 0.252 e. The lowest BCUT2D eigenvalue weighted by Gasteiger charge is -2.15. The monoisotopic (exact) mass is 356 g/mol. The fourth-order valence-electron chi connectivity index (χ4n) is 1.90. The second-order valence-electron chi connectivity index (χ2n) is 4.92. The van der Waals surface area contributed by atoms with Gasteiger partial charge < -0.3 is 5.32 Å². The highest BCUT2D eigenvalue weighted by Gasteiger charge is 2.21. The number of thiophene rings is 1. The van der Waals surface area contributed by atoms with E-state index in [1.165, 1.54) is 35.6 Å². The van der Waals surface area contributed by atoms with Gasteiger partial charge in [-0.2, -0.15) is 0 Å². The molecule has 1 amide bonds. The van der Waals surface area contributed by atoms with Crippen LogP contribution in [0.1, 0.15) is 12.8 Å². The highest BCUT2D eigenvalue weighted by Crippen LogP contribution is 2.20. The first-order chi connectivity index (χ1) is 10.9. The standard InChI is InChI=1S/C15H17FN2O3S2/c1-18(23(20,21)15-5-3-11-22-15)10-2-4-14(19)17-13-8-6-12(16)7-9-13/h3,5-9,11H,2,4,10H2,1H3,(H,17,19). The van der Waals surface area contributed by atoms with Gasteiger partial charge >= 0.3 is 0 Å². The quantitative estimate of drug-likeness (QED) is 0.829. The second kappa shape index (κ2) is 7.67. The Morgan fingerprint density at radius 3 is 2.57 bits per heavy atom. The SMILES string of the molecule is CN(CCCC(=O)Nc1ccc(F)cc1)S(=O)(=O)c1cccs1. The molecule has 2 aromatic rings. The van der Waals surface area contributed by atoms with Gasteiger partial charge in [0, 0.05) is 25.7 Å². The van der Waals surface area contributed by atoms with E-state index in [0.29, 0.717) is 12.1 Å². The number of sulfonamides is 1. The summed E-state index contributed by atoms with van der Waals surface area (Å²) in [6, 6.07) is 8.70. The summed E-state index contributed by atoms with van der Waals surface area (Å²) in [4.78, 5) is 11.8. The Morgan fingerprint density at radius 2 is 1.96 bits per heavy atom. The summed E-state index contributed by atoms with van der Waals surface area (Å²) in [5, 5.41) is 4.34. The van der Waals surface area contributed by atoms with Crippen LogP contribution in [-0.2, 0) is 14.8 Å². The number of rotatable bonds is 7. The van der Waals surface area contributed by atoms with Crippen LogP contribution in [0.5, 0.6) is 0 Å². The molecule has 8 heteroatoms. The van der Waals surface area contributed by atoms with Crippen LogP contribution < -0.4 is 5.32 Å². The van der Waals surface area contributed by atoms with Crippen molar-refractivity contribution in [2.24, 2.45) is 0 Å². The molecule has 1 heterocycles. The average molecular weight is 356 g/mol. The zero-order chi connectivity index (χ0) is 16.9. The molecule has 23 heavy (non-hydrogen) atoms. The zero-order valence-electron chi connectivity index (χ0n) is 12.5. The molecule has 0 unspecified atom stereocenters. The highest BCUT2D eigenvalue weighted by atomic mass is 32.2. The van der Waals surface area contributed by atoms with Crippen molar-refractivity contribution in [3.8, 4) is 0 Å². The van der Waals surface area contributed by atoms with E-state index < -0.39 is 10.0 Å². The van der Waals surface area contributed by atoms with Crippen LogP contribution >= 0.6 is 11.3 Å². The minimum atomic E-state index is -3.48. The van der Waals surface area contributed by atoms with Crippen molar-refractivity contribution >= 4 is 33.0 Å². The molecule has 2 rings (SSSR count). The first-order valence-electron chi connectivity index (χ1n) is 6.95. The molecule has 0 aliphatic carbocycles. The Bertz CT molecular complexity index is 744. The Balaban J connectivity index is 1.80. The van der Waals surface area contributed by atoms with Crippen molar-refractivity contribution in [1.82, 2.24) is 4.31 Å². The highest BCUT2D eigenvalue weighted by molar-refractivity contribution is 7.91. The number of hydrogen-bond acceptors (Lipinski definition) is 4. The molecule has 0 radical (unpaired) electrons.